The Morgan fingerprint density at radius 3 is 1.69 bits per heavy atom. The van der Waals surface area contributed by atoms with Gasteiger partial charge in [-0.2, -0.15) is 0 Å². The van der Waals surface area contributed by atoms with Crippen molar-refractivity contribution in [2.45, 2.75) is 120 Å². The molecule has 2 aliphatic rings. The van der Waals surface area contributed by atoms with Gasteiger partial charge in [0.1, 0.15) is 0 Å². The monoisotopic (exact) mass is 808 g/mol. The van der Waals surface area contributed by atoms with Gasteiger partial charge in [0.15, 0.2) is 0 Å². The van der Waals surface area contributed by atoms with E-state index < -0.39 is 21.3 Å². The van der Waals surface area contributed by atoms with E-state index in [0.29, 0.717) is 11.8 Å². The third kappa shape index (κ3) is 8.49. The van der Waals surface area contributed by atoms with Crippen LogP contribution in [0.4, 0.5) is 0 Å². The molecule has 0 radical (unpaired) electrons. The van der Waals surface area contributed by atoms with Crippen LogP contribution in [0, 0.1) is 25.7 Å². The normalized spacial score (nSPS) is 13.3. The van der Waals surface area contributed by atoms with Crippen molar-refractivity contribution in [2.24, 2.45) is 11.8 Å². The molecule has 2 aliphatic carbocycles. The summed E-state index contributed by atoms with van der Waals surface area (Å²) < 4.78 is 5.45. The van der Waals surface area contributed by atoms with E-state index in [9.17, 15) is 0 Å². The molecule has 0 nitrogen and oxygen atoms in total. The molecule has 52 heavy (non-hydrogen) atoms. The Kier molecular flexibility index (Phi) is 13.5. The SMILES string of the molecule is Cc1ccccc1-c1cc2c(cc1C(C)(C)C)-c1cc(C(C)(C)C)c(-c3ccccc3C)[c]([Zr+2]([C]3=CC=CC3)=[C](CC(C)C)CC(C)C)c1C2.[Cl-].[Cl-]. The molecule has 0 unspecified atom stereocenters. The number of allylic oxidation sites excluding steroid dienone is 4. The number of hydrogen-bond acceptors (Lipinski definition) is 0. The van der Waals surface area contributed by atoms with Crippen molar-refractivity contribution in [1.29, 1.82) is 0 Å². The van der Waals surface area contributed by atoms with Crippen LogP contribution in [0.3, 0.4) is 0 Å². The second kappa shape index (κ2) is 16.6. The number of rotatable bonds is 8. The number of hydrogen-bond donors (Lipinski definition) is 0. The molecule has 0 fully saturated rings. The number of fused-ring (bicyclic) bond motifs is 3. The molecule has 3 heteroatoms. The average molecular weight is 811 g/mol. The maximum absolute atomic E-state index is 2.65. The third-order valence-corrected chi connectivity index (χ3v) is 18.6. The molecule has 0 aromatic heterocycles. The summed E-state index contributed by atoms with van der Waals surface area (Å²) in [6, 6.07) is 26.1. The average Bonchev–Trinajstić information content (AvgIpc) is 3.67. The fourth-order valence-electron chi connectivity index (χ4n) is 8.57. The second-order valence-corrected chi connectivity index (χ2v) is 24.4. The molecular weight excluding hydrogens is 751 g/mol. The van der Waals surface area contributed by atoms with E-state index in [1.807, 2.05) is 3.21 Å². The topological polar surface area (TPSA) is 0 Å². The summed E-state index contributed by atoms with van der Waals surface area (Å²) in [5, 5.41) is 0. The third-order valence-electron chi connectivity index (χ3n) is 10.8. The minimum atomic E-state index is -2.65. The van der Waals surface area contributed by atoms with Crippen LogP contribution in [0.15, 0.2) is 88.2 Å². The fourth-order valence-corrected chi connectivity index (χ4v) is 18.4. The van der Waals surface area contributed by atoms with Crippen molar-refractivity contribution in [2.75, 3.05) is 0 Å². The maximum atomic E-state index is 2.65. The summed E-state index contributed by atoms with van der Waals surface area (Å²) in [7, 11) is 0. The first-order chi connectivity index (χ1) is 23.6. The molecule has 0 heterocycles. The van der Waals surface area contributed by atoms with Gasteiger partial charge >= 0.3 is 314 Å². The number of benzene rings is 4. The fraction of sp³-hybridized carbons (Fsp3) is 0.408. The molecule has 4 aromatic rings. The Balaban J connectivity index is 0.00000302. The van der Waals surface area contributed by atoms with Crippen molar-refractivity contribution in [3.05, 3.63) is 122 Å². The second-order valence-electron chi connectivity index (χ2n) is 18.1. The van der Waals surface area contributed by atoms with E-state index >= 15 is 0 Å². The minimum Gasteiger partial charge on any atom is -1.00 e. The molecule has 0 bridgehead atoms. The molecule has 6 rings (SSSR count). The smallest absolute Gasteiger partial charge is 1.00 e. The summed E-state index contributed by atoms with van der Waals surface area (Å²) in [6.07, 6.45) is 12.0. The van der Waals surface area contributed by atoms with Gasteiger partial charge in [0, 0.05) is 0 Å². The Hall–Kier alpha value is -2.31. The summed E-state index contributed by atoms with van der Waals surface area (Å²) >= 11 is -2.65. The first-order valence-electron chi connectivity index (χ1n) is 19.1. The van der Waals surface area contributed by atoms with E-state index in [-0.39, 0.29) is 35.6 Å². The van der Waals surface area contributed by atoms with E-state index in [1.165, 1.54) is 68.5 Å². The minimum absolute atomic E-state index is 0. The molecular formula is C49H60Cl2Zr. The quantitative estimate of drug-likeness (QED) is 0.156. The largest absolute Gasteiger partial charge is 1.00 e. The van der Waals surface area contributed by atoms with Crippen LogP contribution in [0.5, 0.6) is 0 Å². The van der Waals surface area contributed by atoms with Crippen LogP contribution in [0.1, 0.15) is 122 Å². The van der Waals surface area contributed by atoms with Gasteiger partial charge in [0.25, 0.3) is 0 Å². The van der Waals surface area contributed by atoms with Crippen LogP contribution < -0.4 is 28.1 Å². The number of halogens is 2. The zero-order valence-electron chi connectivity index (χ0n) is 33.8. The van der Waals surface area contributed by atoms with Gasteiger partial charge in [-0.15, -0.1) is 0 Å². The van der Waals surface area contributed by atoms with Crippen LogP contribution in [-0.4, -0.2) is 3.21 Å². The molecule has 0 atom stereocenters. The van der Waals surface area contributed by atoms with E-state index in [4.69, 9.17) is 0 Å². The standard InChI is InChI=1S/C35H37.C9H18.C5H5.2ClH.Zr/c1-22-13-9-11-15-26(22)30-18-24-17-25-19-31(27-16-12-10-14-23(27)2)33(35(6,7)8)21-29(25)28(24)20-32(30)34(3,4)5;1-8(2)6-5-7-9(3)4;1-2-4-5-3-1;;;/h9-16,18,20-21H,17H2,1-8H3;8-9H,6-7H2,1-4H3;1-3H,4H2;2*1H;/q;;;;;+2/p-2. The maximum Gasteiger partial charge on any atom is -1.00 e. The first kappa shape index (κ1) is 42.4. The van der Waals surface area contributed by atoms with Gasteiger partial charge in [-0.1, -0.05) is 0 Å². The van der Waals surface area contributed by atoms with Crippen molar-refractivity contribution in [3.63, 3.8) is 0 Å². The van der Waals surface area contributed by atoms with E-state index in [1.54, 1.807) is 17.7 Å². The Morgan fingerprint density at radius 2 is 1.19 bits per heavy atom. The molecule has 274 valence electrons. The summed E-state index contributed by atoms with van der Waals surface area (Å²) in [5.74, 6) is 1.30. The van der Waals surface area contributed by atoms with Gasteiger partial charge in [0.05, 0.1) is 0 Å². The molecule has 0 aliphatic heterocycles. The molecule has 0 amide bonds. The zero-order valence-corrected chi connectivity index (χ0v) is 37.8. The van der Waals surface area contributed by atoms with Gasteiger partial charge in [0.2, 0.25) is 0 Å². The van der Waals surface area contributed by atoms with E-state index in [0.717, 1.165) is 12.8 Å². The molecule has 0 spiro atoms. The predicted molar refractivity (Wildman–Crippen MR) is 218 cm³/mol. The molecule has 0 saturated heterocycles. The van der Waals surface area contributed by atoms with Crippen molar-refractivity contribution >= 4 is 6.48 Å². The van der Waals surface area contributed by atoms with Crippen molar-refractivity contribution in [1.82, 2.24) is 0 Å². The van der Waals surface area contributed by atoms with Gasteiger partial charge in [-0.25, -0.2) is 0 Å². The Labute approximate surface area is 336 Å². The zero-order chi connectivity index (χ0) is 36.1. The van der Waals surface area contributed by atoms with Crippen LogP contribution in [0.2, 0.25) is 0 Å². The summed E-state index contributed by atoms with van der Waals surface area (Å²) in [4.78, 5) is 0. The Morgan fingerprint density at radius 1 is 0.654 bits per heavy atom. The molecule has 0 N–H and O–H groups in total. The molecule has 0 saturated carbocycles. The first-order valence-corrected chi connectivity index (χ1v) is 22.8. The molecule has 4 aromatic carbocycles. The van der Waals surface area contributed by atoms with Gasteiger partial charge in [-0.05, 0) is 0 Å². The van der Waals surface area contributed by atoms with Crippen LogP contribution in [0.25, 0.3) is 33.4 Å². The van der Waals surface area contributed by atoms with Gasteiger partial charge in [-0.3, -0.25) is 0 Å². The van der Waals surface area contributed by atoms with Crippen LogP contribution in [-0.2, 0) is 38.5 Å². The van der Waals surface area contributed by atoms with Crippen molar-refractivity contribution < 1.29 is 46.1 Å². The predicted octanol–water partition coefficient (Wildman–Crippen LogP) is 7.16. The van der Waals surface area contributed by atoms with E-state index in [2.05, 4.69) is 168 Å². The number of aryl methyl sites for hydroxylation is 2. The van der Waals surface area contributed by atoms with Crippen molar-refractivity contribution in [3.8, 4) is 33.4 Å². The van der Waals surface area contributed by atoms with Crippen LogP contribution >= 0.6 is 0 Å². The van der Waals surface area contributed by atoms with Gasteiger partial charge < -0.3 is 24.8 Å². The summed E-state index contributed by atoms with van der Waals surface area (Å²) in [6.45, 7) is 28.9. The summed E-state index contributed by atoms with van der Waals surface area (Å²) in [5.41, 5.74) is 17.6. The Bertz CT molecular complexity index is 2030.